The first-order chi connectivity index (χ1) is 17.8. The second-order valence-electron chi connectivity index (χ2n) is 9.23. The second kappa shape index (κ2) is 9.70. The monoisotopic (exact) mass is 474 g/mol. The molecular weight excluding hydrogens is 448 g/mol. The Morgan fingerprint density at radius 3 is 2.64 bits per heavy atom. The highest BCUT2D eigenvalue weighted by atomic mass is 16.2. The number of tetrazole rings is 1. The number of rotatable bonds is 4. The summed E-state index contributed by atoms with van der Waals surface area (Å²) in [5.74, 6) is 0.516. The average molecular weight is 475 g/mol. The highest BCUT2D eigenvalue weighted by Crippen LogP contribution is 2.32. The van der Waals surface area contributed by atoms with Crippen LogP contribution in [0.1, 0.15) is 41.1 Å². The third kappa shape index (κ3) is 4.35. The lowest BCUT2D eigenvalue weighted by atomic mass is 9.92. The van der Waals surface area contributed by atoms with Gasteiger partial charge in [-0.2, -0.15) is 0 Å². The molecule has 0 N–H and O–H groups in total. The minimum absolute atomic E-state index is 0.0353. The number of hydrogen-bond donors (Lipinski definition) is 0. The molecule has 0 bridgehead atoms. The number of benzene rings is 3. The third-order valence-electron chi connectivity index (χ3n) is 7.01. The van der Waals surface area contributed by atoms with Crippen molar-refractivity contribution in [3.05, 3.63) is 103 Å². The molecule has 36 heavy (non-hydrogen) atoms. The van der Waals surface area contributed by atoms with Gasteiger partial charge in [0.05, 0.1) is 11.2 Å². The van der Waals surface area contributed by atoms with Crippen molar-refractivity contribution in [3.63, 3.8) is 0 Å². The van der Waals surface area contributed by atoms with Crippen LogP contribution in [0, 0.1) is 0 Å². The Morgan fingerprint density at radius 2 is 1.78 bits per heavy atom. The van der Waals surface area contributed by atoms with Crippen LogP contribution < -0.4 is 0 Å². The molecule has 0 radical (unpaired) electrons. The van der Waals surface area contributed by atoms with E-state index in [0.29, 0.717) is 11.5 Å². The maximum absolute atomic E-state index is 13.8. The van der Waals surface area contributed by atoms with E-state index in [4.69, 9.17) is 0 Å². The van der Waals surface area contributed by atoms with Crippen LogP contribution in [0.4, 0.5) is 0 Å². The smallest absolute Gasteiger partial charge is 0.253 e. The molecule has 0 saturated carbocycles. The van der Waals surface area contributed by atoms with Crippen molar-refractivity contribution in [2.75, 3.05) is 13.1 Å². The van der Waals surface area contributed by atoms with Crippen molar-refractivity contribution >= 4 is 16.8 Å². The number of carbonyl (C=O) groups is 1. The van der Waals surface area contributed by atoms with Crippen LogP contribution in [-0.2, 0) is 0 Å². The molecule has 1 atom stereocenters. The van der Waals surface area contributed by atoms with Gasteiger partial charge >= 0.3 is 0 Å². The number of para-hydroxylation sites is 1. The number of hydrogen-bond acceptors (Lipinski definition) is 5. The largest absolute Gasteiger partial charge is 0.339 e. The molecule has 1 fully saturated rings. The van der Waals surface area contributed by atoms with E-state index in [0.717, 1.165) is 60.1 Å². The third-order valence-corrected chi connectivity index (χ3v) is 7.01. The zero-order chi connectivity index (χ0) is 24.3. The number of likely N-dealkylation sites (tertiary alicyclic amines) is 1. The Morgan fingerprint density at radius 1 is 0.889 bits per heavy atom. The molecular formula is C29H26N6O. The van der Waals surface area contributed by atoms with Crippen molar-refractivity contribution in [2.45, 2.75) is 25.2 Å². The number of aromatic nitrogens is 5. The Bertz CT molecular complexity index is 1490. The highest BCUT2D eigenvalue weighted by Gasteiger charge is 2.23. The molecule has 1 amide bonds. The molecule has 6 rings (SSSR count). The van der Waals surface area contributed by atoms with Crippen LogP contribution in [0.3, 0.4) is 0 Å². The zero-order valence-corrected chi connectivity index (χ0v) is 19.9. The van der Waals surface area contributed by atoms with Gasteiger partial charge in [-0.1, -0.05) is 54.6 Å². The van der Waals surface area contributed by atoms with Gasteiger partial charge in [0.25, 0.3) is 5.91 Å². The predicted molar refractivity (Wildman–Crippen MR) is 139 cm³/mol. The van der Waals surface area contributed by atoms with Crippen molar-refractivity contribution in [1.29, 1.82) is 0 Å². The van der Waals surface area contributed by atoms with E-state index in [-0.39, 0.29) is 5.91 Å². The molecule has 0 spiro atoms. The van der Waals surface area contributed by atoms with E-state index in [1.54, 1.807) is 17.2 Å². The summed E-state index contributed by atoms with van der Waals surface area (Å²) < 4.78 is 1.59. The summed E-state index contributed by atoms with van der Waals surface area (Å²) in [6, 6.07) is 26.6. The van der Waals surface area contributed by atoms with Gasteiger partial charge in [-0.3, -0.25) is 9.78 Å². The summed E-state index contributed by atoms with van der Waals surface area (Å²) in [7, 11) is 0. The quantitative estimate of drug-likeness (QED) is 0.354. The number of pyridine rings is 1. The van der Waals surface area contributed by atoms with Crippen molar-refractivity contribution in [2.24, 2.45) is 0 Å². The normalized spacial score (nSPS) is 16.1. The predicted octanol–water partition coefficient (Wildman–Crippen LogP) is 5.29. The van der Waals surface area contributed by atoms with E-state index < -0.39 is 0 Å². The summed E-state index contributed by atoms with van der Waals surface area (Å²) in [6.45, 7) is 1.49. The molecule has 178 valence electrons. The van der Waals surface area contributed by atoms with Crippen LogP contribution >= 0.6 is 0 Å². The summed E-state index contributed by atoms with van der Waals surface area (Å²) in [5.41, 5.74) is 5.51. The maximum Gasteiger partial charge on any atom is 0.253 e. The lowest BCUT2D eigenvalue weighted by Crippen LogP contribution is -2.32. The highest BCUT2D eigenvalue weighted by molar-refractivity contribution is 5.99. The summed E-state index contributed by atoms with van der Waals surface area (Å²) in [4.78, 5) is 20.4. The molecule has 3 aromatic carbocycles. The zero-order valence-electron chi connectivity index (χ0n) is 19.9. The molecule has 1 aliphatic heterocycles. The van der Waals surface area contributed by atoms with E-state index in [2.05, 4.69) is 50.8 Å². The molecule has 7 heteroatoms. The van der Waals surface area contributed by atoms with Crippen LogP contribution in [0.5, 0.6) is 0 Å². The SMILES string of the molecule is O=C(c1cc(-c2cccc3cccnc23)cc(-n2cnnn2)c1)N1CCCC(c2ccccc2)CC1. The Balaban J connectivity index is 1.36. The lowest BCUT2D eigenvalue weighted by Gasteiger charge is -2.22. The topological polar surface area (TPSA) is 76.8 Å². The molecule has 0 aliphatic carbocycles. The molecule has 5 aromatic rings. The molecule has 3 heterocycles. The van der Waals surface area contributed by atoms with Crippen molar-refractivity contribution < 1.29 is 4.79 Å². The van der Waals surface area contributed by atoms with Gasteiger partial charge in [-0.25, -0.2) is 4.68 Å². The molecule has 7 nitrogen and oxygen atoms in total. The first-order valence-electron chi connectivity index (χ1n) is 12.3. The van der Waals surface area contributed by atoms with Crippen LogP contribution in [0.2, 0.25) is 0 Å². The summed E-state index contributed by atoms with van der Waals surface area (Å²) in [5, 5.41) is 12.7. The summed E-state index contributed by atoms with van der Waals surface area (Å²) in [6.07, 6.45) is 6.38. The summed E-state index contributed by atoms with van der Waals surface area (Å²) >= 11 is 0. The van der Waals surface area contributed by atoms with Gasteiger partial charge in [0.15, 0.2) is 0 Å². The van der Waals surface area contributed by atoms with Crippen LogP contribution in [0.15, 0.2) is 91.4 Å². The molecule has 1 saturated heterocycles. The van der Waals surface area contributed by atoms with Gasteiger partial charge < -0.3 is 4.90 Å². The molecule has 2 aromatic heterocycles. The van der Waals surface area contributed by atoms with Gasteiger partial charge in [0.2, 0.25) is 0 Å². The number of amides is 1. The van der Waals surface area contributed by atoms with Crippen molar-refractivity contribution in [3.8, 4) is 16.8 Å². The number of carbonyl (C=O) groups excluding carboxylic acids is 1. The Hall–Kier alpha value is -4.39. The van der Waals surface area contributed by atoms with E-state index in [9.17, 15) is 4.79 Å². The fourth-order valence-corrected chi connectivity index (χ4v) is 5.18. The van der Waals surface area contributed by atoms with Crippen molar-refractivity contribution in [1.82, 2.24) is 30.1 Å². The lowest BCUT2D eigenvalue weighted by molar-refractivity contribution is 0.0761. The minimum atomic E-state index is 0.0353. The fraction of sp³-hybridized carbons (Fsp3) is 0.207. The number of nitrogens with zero attached hydrogens (tertiary/aromatic N) is 6. The van der Waals surface area contributed by atoms with E-state index in [1.165, 1.54) is 5.56 Å². The van der Waals surface area contributed by atoms with Gasteiger partial charge in [0, 0.05) is 35.8 Å². The van der Waals surface area contributed by atoms with Gasteiger partial charge in [0.1, 0.15) is 6.33 Å². The first-order valence-corrected chi connectivity index (χ1v) is 12.3. The standard InChI is InChI=1S/C29H26N6O/c36-29(34-15-6-11-22(13-16-34)21-7-2-1-3-8-21)25-17-24(18-26(19-25)35-20-31-32-33-35)27-12-4-9-23-10-5-14-30-28(23)27/h1-5,7-10,12,14,17-20,22H,6,11,13,15-16H2. The van der Waals surface area contributed by atoms with Crippen LogP contribution in [0.25, 0.3) is 27.7 Å². The molecule has 1 unspecified atom stereocenters. The maximum atomic E-state index is 13.8. The van der Waals surface area contributed by atoms with Crippen LogP contribution in [-0.4, -0.2) is 49.1 Å². The number of fused-ring (bicyclic) bond motifs is 1. The van der Waals surface area contributed by atoms with E-state index >= 15 is 0 Å². The molecule has 1 aliphatic rings. The Kier molecular flexibility index (Phi) is 5.95. The Labute approximate surface area is 209 Å². The van der Waals surface area contributed by atoms with Gasteiger partial charge in [-0.05, 0) is 71.0 Å². The van der Waals surface area contributed by atoms with Gasteiger partial charge in [-0.15, -0.1) is 5.10 Å². The van der Waals surface area contributed by atoms with E-state index in [1.807, 2.05) is 53.4 Å². The average Bonchev–Trinajstić information content (AvgIpc) is 3.37. The minimum Gasteiger partial charge on any atom is -0.339 e. The first kappa shape index (κ1) is 22.1. The second-order valence-corrected chi connectivity index (χ2v) is 9.23. The fourth-order valence-electron chi connectivity index (χ4n) is 5.18.